The molecule has 38 heavy (non-hydrogen) atoms. The van der Waals surface area contributed by atoms with Crippen molar-refractivity contribution in [3.63, 3.8) is 0 Å². The zero-order valence-electron chi connectivity index (χ0n) is 21.5. The number of carbonyl (C=O) groups excluding carboxylic acids is 2. The Labute approximate surface area is 228 Å². The van der Waals surface area contributed by atoms with Crippen molar-refractivity contribution in [1.29, 1.82) is 0 Å². The smallest absolute Gasteiger partial charge is 0.264 e. The number of benzene rings is 3. The number of sulfonamides is 1. The van der Waals surface area contributed by atoms with Crippen molar-refractivity contribution in [2.75, 3.05) is 10.8 Å². The van der Waals surface area contributed by atoms with Crippen LogP contribution in [-0.2, 0) is 26.2 Å². The van der Waals surface area contributed by atoms with Gasteiger partial charge >= 0.3 is 0 Å². The van der Waals surface area contributed by atoms with Crippen molar-refractivity contribution in [3.05, 3.63) is 95.3 Å². The number of amides is 2. The third kappa shape index (κ3) is 7.33. The van der Waals surface area contributed by atoms with Crippen LogP contribution >= 0.6 is 11.6 Å². The summed E-state index contributed by atoms with van der Waals surface area (Å²) < 4.78 is 41.9. The fourth-order valence-electron chi connectivity index (χ4n) is 3.94. The predicted octanol–water partition coefficient (Wildman–Crippen LogP) is 5.01. The molecule has 0 saturated carbocycles. The molecule has 0 aromatic heterocycles. The molecule has 0 spiro atoms. The van der Waals surface area contributed by atoms with Gasteiger partial charge in [-0.05, 0) is 74.4 Å². The summed E-state index contributed by atoms with van der Waals surface area (Å²) >= 11 is 6.02. The van der Waals surface area contributed by atoms with Crippen molar-refractivity contribution < 1.29 is 22.4 Å². The van der Waals surface area contributed by atoms with Gasteiger partial charge in [0.05, 0.1) is 10.6 Å². The van der Waals surface area contributed by atoms with Gasteiger partial charge in [0.15, 0.2) is 0 Å². The van der Waals surface area contributed by atoms with Crippen molar-refractivity contribution in [3.8, 4) is 0 Å². The molecular weight excluding hydrogens is 529 g/mol. The first-order valence-electron chi connectivity index (χ1n) is 12.2. The molecule has 0 saturated heterocycles. The maximum atomic E-state index is 13.9. The molecular formula is C28H31ClFN3O4S. The van der Waals surface area contributed by atoms with Gasteiger partial charge in [-0.25, -0.2) is 12.8 Å². The zero-order valence-corrected chi connectivity index (χ0v) is 23.0. The molecule has 0 aliphatic rings. The zero-order chi connectivity index (χ0) is 27.9. The second kappa shape index (κ2) is 12.9. The van der Waals surface area contributed by atoms with Gasteiger partial charge in [-0.3, -0.25) is 13.9 Å². The summed E-state index contributed by atoms with van der Waals surface area (Å²) in [5.74, 6) is -1.48. The fourth-order valence-corrected chi connectivity index (χ4v) is 5.50. The van der Waals surface area contributed by atoms with Crippen LogP contribution in [-0.4, -0.2) is 43.8 Å². The maximum Gasteiger partial charge on any atom is 0.264 e. The second-order valence-electron chi connectivity index (χ2n) is 9.04. The quantitative estimate of drug-likeness (QED) is 0.358. The largest absolute Gasteiger partial charge is 0.352 e. The van der Waals surface area contributed by atoms with Crippen LogP contribution in [0.1, 0.15) is 32.8 Å². The van der Waals surface area contributed by atoms with Crippen molar-refractivity contribution in [2.45, 2.75) is 50.7 Å². The van der Waals surface area contributed by atoms with E-state index >= 15 is 0 Å². The average Bonchev–Trinajstić information content (AvgIpc) is 2.89. The van der Waals surface area contributed by atoms with Crippen LogP contribution in [0.3, 0.4) is 0 Å². The standard InChI is InChI=1S/C28H31ClFN3O4S/c1-4-26(28(35)31-20(2)3)32(18-21-10-12-22(29)13-11-21)27(34)19-33(24-16-14-23(30)15-17-24)38(36,37)25-8-6-5-7-9-25/h5-17,20,26H,4,18-19H2,1-3H3,(H,31,35)/t26-/m0/s1. The first-order valence-corrected chi connectivity index (χ1v) is 14.0. The molecule has 0 unspecified atom stereocenters. The first-order chi connectivity index (χ1) is 18.0. The number of carbonyl (C=O) groups is 2. The predicted molar refractivity (Wildman–Crippen MR) is 147 cm³/mol. The lowest BCUT2D eigenvalue weighted by Gasteiger charge is -2.33. The van der Waals surface area contributed by atoms with E-state index in [1.165, 1.54) is 29.2 Å². The third-order valence-corrected chi connectivity index (χ3v) is 7.85. The molecule has 1 atom stereocenters. The molecule has 0 radical (unpaired) electrons. The van der Waals surface area contributed by atoms with Gasteiger partial charge in [0.2, 0.25) is 11.8 Å². The lowest BCUT2D eigenvalue weighted by Crippen LogP contribution is -2.53. The topological polar surface area (TPSA) is 86.8 Å². The number of anilines is 1. The van der Waals surface area contributed by atoms with E-state index in [2.05, 4.69) is 5.32 Å². The van der Waals surface area contributed by atoms with Gasteiger partial charge in [0.25, 0.3) is 10.0 Å². The Balaban J connectivity index is 2.04. The molecule has 3 aromatic rings. The van der Waals surface area contributed by atoms with Gasteiger partial charge in [-0.1, -0.05) is 48.9 Å². The van der Waals surface area contributed by atoms with Crippen molar-refractivity contribution in [1.82, 2.24) is 10.2 Å². The summed E-state index contributed by atoms with van der Waals surface area (Å²) in [6.45, 7) is 4.88. The molecule has 3 aromatic carbocycles. The summed E-state index contributed by atoms with van der Waals surface area (Å²) in [6, 6.07) is 18.4. The molecule has 0 fully saturated rings. The van der Waals surface area contributed by atoms with Crippen LogP contribution in [0.25, 0.3) is 0 Å². The van der Waals surface area contributed by atoms with Gasteiger partial charge in [0, 0.05) is 17.6 Å². The van der Waals surface area contributed by atoms with E-state index in [0.717, 1.165) is 22.0 Å². The molecule has 7 nitrogen and oxygen atoms in total. The second-order valence-corrected chi connectivity index (χ2v) is 11.3. The van der Waals surface area contributed by atoms with Gasteiger partial charge in [-0.2, -0.15) is 0 Å². The van der Waals surface area contributed by atoms with Crippen LogP contribution in [0.2, 0.25) is 5.02 Å². The van der Waals surface area contributed by atoms with E-state index in [1.54, 1.807) is 49.4 Å². The molecule has 0 heterocycles. The highest BCUT2D eigenvalue weighted by Gasteiger charge is 2.33. The Morgan fingerprint density at radius 3 is 2.11 bits per heavy atom. The number of halogens is 2. The van der Waals surface area contributed by atoms with Crippen LogP contribution in [0.4, 0.5) is 10.1 Å². The van der Waals surface area contributed by atoms with E-state index in [1.807, 2.05) is 13.8 Å². The monoisotopic (exact) mass is 559 g/mol. The Morgan fingerprint density at radius 2 is 1.55 bits per heavy atom. The van der Waals surface area contributed by atoms with E-state index in [4.69, 9.17) is 11.6 Å². The normalized spacial score (nSPS) is 12.2. The Hall–Kier alpha value is -3.43. The molecule has 202 valence electrons. The fraction of sp³-hybridized carbons (Fsp3) is 0.286. The highest BCUT2D eigenvalue weighted by molar-refractivity contribution is 7.92. The van der Waals surface area contributed by atoms with Crippen molar-refractivity contribution >= 4 is 39.1 Å². The molecule has 2 amide bonds. The summed E-state index contributed by atoms with van der Waals surface area (Å²) in [4.78, 5) is 28.3. The van der Waals surface area contributed by atoms with Gasteiger partial charge in [-0.15, -0.1) is 0 Å². The summed E-state index contributed by atoms with van der Waals surface area (Å²) in [7, 11) is -4.20. The molecule has 1 N–H and O–H groups in total. The SMILES string of the molecule is CC[C@@H](C(=O)NC(C)C)N(Cc1ccc(Cl)cc1)C(=O)CN(c1ccc(F)cc1)S(=O)(=O)c1ccccc1. The lowest BCUT2D eigenvalue weighted by molar-refractivity contribution is -0.140. The molecule has 3 rings (SSSR count). The number of nitrogens with one attached hydrogen (secondary N) is 1. The lowest BCUT2D eigenvalue weighted by atomic mass is 10.1. The number of rotatable bonds is 11. The molecule has 0 aliphatic heterocycles. The minimum atomic E-state index is -4.20. The number of nitrogens with zero attached hydrogens (tertiary/aromatic N) is 2. The van der Waals surface area contributed by atoms with Crippen LogP contribution in [0, 0.1) is 5.82 Å². The van der Waals surface area contributed by atoms with E-state index in [-0.39, 0.29) is 29.1 Å². The van der Waals surface area contributed by atoms with Crippen molar-refractivity contribution in [2.24, 2.45) is 0 Å². The highest BCUT2D eigenvalue weighted by Crippen LogP contribution is 2.25. The molecule has 10 heteroatoms. The summed E-state index contributed by atoms with van der Waals surface area (Å²) in [5, 5.41) is 3.36. The van der Waals surface area contributed by atoms with Crippen LogP contribution < -0.4 is 9.62 Å². The number of hydrogen-bond acceptors (Lipinski definition) is 4. The molecule has 0 bridgehead atoms. The maximum absolute atomic E-state index is 13.9. The third-order valence-electron chi connectivity index (χ3n) is 5.81. The van der Waals surface area contributed by atoms with Crippen LogP contribution in [0.15, 0.2) is 83.8 Å². The minimum absolute atomic E-state index is 0.0223. The first kappa shape index (κ1) is 29.1. The van der Waals surface area contributed by atoms with Crippen LogP contribution in [0.5, 0.6) is 0 Å². The Kier molecular flexibility index (Phi) is 9.88. The molecule has 0 aliphatic carbocycles. The summed E-state index contributed by atoms with van der Waals surface area (Å²) in [6.07, 6.45) is 0.305. The van der Waals surface area contributed by atoms with E-state index in [0.29, 0.717) is 11.4 Å². The Morgan fingerprint density at radius 1 is 0.947 bits per heavy atom. The van der Waals surface area contributed by atoms with E-state index in [9.17, 15) is 22.4 Å². The summed E-state index contributed by atoms with van der Waals surface area (Å²) in [5.41, 5.74) is 0.840. The Bertz CT molecular complexity index is 1330. The average molecular weight is 560 g/mol. The van der Waals surface area contributed by atoms with Gasteiger partial charge < -0.3 is 10.2 Å². The minimum Gasteiger partial charge on any atom is -0.352 e. The number of hydrogen-bond donors (Lipinski definition) is 1. The highest BCUT2D eigenvalue weighted by atomic mass is 35.5. The van der Waals surface area contributed by atoms with Gasteiger partial charge in [0.1, 0.15) is 18.4 Å². The van der Waals surface area contributed by atoms with E-state index < -0.39 is 34.3 Å².